The van der Waals surface area contributed by atoms with Gasteiger partial charge in [-0.2, -0.15) is 5.10 Å². The molecule has 1 unspecified atom stereocenters. The highest BCUT2D eigenvalue weighted by molar-refractivity contribution is 5.65. The van der Waals surface area contributed by atoms with E-state index in [-0.39, 0.29) is 6.10 Å². The second-order valence-corrected chi connectivity index (χ2v) is 7.78. The van der Waals surface area contributed by atoms with Gasteiger partial charge in [-0.3, -0.25) is 9.08 Å². The zero-order valence-corrected chi connectivity index (χ0v) is 17.1. The van der Waals surface area contributed by atoms with Gasteiger partial charge in [0.2, 0.25) is 5.95 Å². The largest absolute Gasteiger partial charge is 0.378 e. The first-order chi connectivity index (χ1) is 14.7. The predicted octanol–water partition coefficient (Wildman–Crippen LogP) is 3.02. The number of nitrogens with zero attached hydrogens (tertiary/aromatic N) is 7. The lowest BCUT2D eigenvalue weighted by Gasteiger charge is -2.11. The van der Waals surface area contributed by atoms with E-state index in [1.165, 1.54) is 12.8 Å². The van der Waals surface area contributed by atoms with Crippen molar-refractivity contribution >= 4 is 17.4 Å². The molecule has 1 N–H and O–H groups in total. The molecule has 1 saturated carbocycles. The zero-order valence-electron chi connectivity index (χ0n) is 17.1. The molecule has 0 radical (unpaired) electrons. The Morgan fingerprint density at radius 2 is 2.10 bits per heavy atom. The van der Waals surface area contributed by atoms with Crippen LogP contribution < -0.4 is 5.32 Å². The standard InChI is InChI=1S/C21H24N8O/c1-14(30-13-15-3-4-15)11-19-26-27-20-12-16(7-10-29(19)20)17-5-8-22-21(24-17)25-18-6-9-23-28(18)2/h5-10,12,14-15H,3-4,11,13H2,1-2H3,(H,22,24,25). The van der Waals surface area contributed by atoms with E-state index < -0.39 is 0 Å². The number of hydrogen-bond acceptors (Lipinski definition) is 7. The first-order valence-electron chi connectivity index (χ1n) is 10.2. The number of ether oxygens (including phenoxy) is 1. The molecule has 9 nitrogen and oxygen atoms in total. The summed E-state index contributed by atoms with van der Waals surface area (Å²) in [5, 5.41) is 16.0. The van der Waals surface area contributed by atoms with Gasteiger partial charge in [-0.15, -0.1) is 10.2 Å². The lowest BCUT2D eigenvalue weighted by molar-refractivity contribution is 0.0573. The molecule has 1 fully saturated rings. The maximum Gasteiger partial charge on any atom is 0.228 e. The van der Waals surface area contributed by atoms with Crippen molar-refractivity contribution in [2.45, 2.75) is 32.3 Å². The number of hydrogen-bond donors (Lipinski definition) is 1. The summed E-state index contributed by atoms with van der Waals surface area (Å²) in [4.78, 5) is 8.93. The highest BCUT2D eigenvalue weighted by Crippen LogP contribution is 2.29. The lowest BCUT2D eigenvalue weighted by atomic mass is 10.2. The topological polar surface area (TPSA) is 95.1 Å². The van der Waals surface area contributed by atoms with Crippen molar-refractivity contribution in [2.24, 2.45) is 13.0 Å². The molecule has 0 amide bonds. The molecule has 1 aliphatic carbocycles. The van der Waals surface area contributed by atoms with Gasteiger partial charge in [0.05, 0.1) is 18.0 Å². The molecule has 154 valence electrons. The smallest absolute Gasteiger partial charge is 0.228 e. The predicted molar refractivity (Wildman–Crippen MR) is 112 cm³/mol. The minimum atomic E-state index is 0.125. The van der Waals surface area contributed by atoms with Crippen LogP contribution >= 0.6 is 0 Å². The zero-order chi connectivity index (χ0) is 20.5. The van der Waals surface area contributed by atoms with Gasteiger partial charge in [-0.1, -0.05) is 0 Å². The fourth-order valence-electron chi connectivity index (χ4n) is 3.33. The van der Waals surface area contributed by atoms with E-state index in [1.54, 1.807) is 17.1 Å². The summed E-state index contributed by atoms with van der Waals surface area (Å²) in [7, 11) is 1.86. The summed E-state index contributed by atoms with van der Waals surface area (Å²) >= 11 is 0. The third-order valence-corrected chi connectivity index (χ3v) is 5.28. The normalized spacial score (nSPS) is 14.9. The molecule has 1 atom stereocenters. The average molecular weight is 404 g/mol. The first kappa shape index (κ1) is 18.7. The van der Waals surface area contributed by atoms with E-state index in [0.29, 0.717) is 5.95 Å². The van der Waals surface area contributed by atoms with Gasteiger partial charge in [0.15, 0.2) is 5.65 Å². The number of anilines is 2. The highest BCUT2D eigenvalue weighted by Gasteiger charge is 2.22. The molecule has 0 aromatic carbocycles. The van der Waals surface area contributed by atoms with Crippen LogP contribution in [0.1, 0.15) is 25.6 Å². The Morgan fingerprint density at radius 3 is 2.90 bits per heavy atom. The fourth-order valence-corrected chi connectivity index (χ4v) is 3.33. The minimum Gasteiger partial charge on any atom is -0.378 e. The van der Waals surface area contributed by atoms with E-state index in [9.17, 15) is 0 Å². The molecular weight excluding hydrogens is 380 g/mol. The molecular formula is C21H24N8O. The molecule has 0 aliphatic heterocycles. The molecule has 5 rings (SSSR count). The SMILES string of the molecule is CC(Cc1nnc2cc(-c3ccnc(Nc4ccnn4C)n3)ccn12)OCC1CC1. The summed E-state index contributed by atoms with van der Waals surface area (Å²) in [5.41, 5.74) is 2.55. The maximum absolute atomic E-state index is 5.93. The van der Waals surface area contributed by atoms with Gasteiger partial charge >= 0.3 is 0 Å². The fraction of sp³-hybridized carbons (Fsp3) is 0.381. The van der Waals surface area contributed by atoms with Gasteiger partial charge in [0.25, 0.3) is 0 Å². The van der Waals surface area contributed by atoms with E-state index in [0.717, 1.165) is 47.5 Å². The molecule has 4 heterocycles. The number of aryl methyl sites for hydroxylation is 1. The van der Waals surface area contributed by atoms with E-state index in [2.05, 4.69) is 37.5 Å². The number of rotatable bonds is 8. The number of fused-ring (bicyclic) bond motifs is 1. The van der Waals surface area contributed by atoms with Crippen molar-refractivity contribution in [3.63, 3.8) is 0 Å². The van der Waals surface area contributed by atoms with Crippen LogP contribution in [0.2, 0.25) is 0 Å². The summed E-state index contributed by atoms with van der Waals surface area (Å²) in [6.07, 6.45) is 8.90. The summed E-state index contributed by atoms with van der Waals surface area (Å²) < 4.78 is 9.68. The molecule has 1 aliphatic rings. The Labute approximate surface area is 174 Å². The second kappa shape index (κ2) is 7.83. The molecule has 30 heavy (non-hydrogen) atoms. The Morgan fingerprint density at radius 1 is 1.20 bits per heavy atom. The molecule has 0 saturated heterocycles. The summed E-state index contributed by atoms with van der Waals surface area (Å²) in [6, 6.07) is 7.76. The van der Waals surface area contributed by atoms with Crippen LogP contribution in [0.4, 0.5) is 11.8 Å². The van der Waals surface area contributed by atoms with Gasteiger partial charge in [0.1, 0.15) is 11.6 Å². The van der Waals surface area contributed by atoms with Gasteiger partial charge < -0.3 is 10.1 Å². The van der Waals surface area contributed by atoms with Crippen LogP contribution in [0.25, 0.3) is 16.9 Å². The Hall–Kier alpha value is -3.33. The van der Waals surface area contributed by atoms with Crippen LogP contribution in [0.3, 0.4) is 0 Å². The Balaban J connectivity index is 1.34. The third kappa shape index (κ3) is 4.02. The summed E-state index contributed by atoms with van der Waals surface area (Å²) in [5.74, 6) is 3.00. The molecule has 0 spiro atoms. The molecule has 4 aromatic rings. The van der Waals surface area contributed by atoms with E-state index in [1.807, 2.05) is 41.9 Å². The molecule has 9 heteroatoms. The van der Waals surface area contributed by atoms with Gasteiger partial charge in [-0.25, -0.2) is 9.97 Å². The van der Waals surface area contributed by atoms with Crippen molar-refractivity contribution < 1.29 is 4.74 Å². The quantitative estimate of drug-likeness (QED) is 0.482. The Kier molecular flexibility index (Phi) is 4.88. The monoisotopic (exact) mass is 404 g/mol. The first-order valence-corrected chi connectivity index (χ1v) is 10.2. The average Bonchev–Trinajstić information content (AvgIpc) is 3.39. The van der Waals surface area contributed by atoms with Crippen molar-refractivity contribution in [3.8, 4) is 11.3 Å². The van der Waals surface area contributed by atoms with Crippen LogP contribution in [0.5, 0.6) is 0 Å². The van der Waals surface area contributed by atoms with Crippen LogP contribution in [-0.2, 0) is 18.2 Å². The number of aromatic nitrogens is 7. The van der Waals surface area contributed by atoms with Crippen molar-refractivity contribution in [1.82, 2.24) is 34.3 Å². The van der Waals surface area contributed by atoms with Crippen molar-refractivity contribution in [2.75, 3.05) is 11.9 Å². The van der Waals surface area contributed by atoms with E-state index >= 15 is 0 Å². The number of nitrogens with one attached hydrogen (secondary N) is 1. The van der Waals surface area contributed by atoms with Crippen LogP contribution in [-0.4, -0.2) is 47.1 Å². The van der Waals surface area contributed by atoms with Crippen molar-refractivity contribution in [3.05, 3.63) is 48.7 Å². The van der Waals surface area contributed by atoms with Crippen LogP contribution in [0.15, 0.2) is 42.9 Å². The highest BCUT2D eigenvalue weighted by atomic mass is 16.5. The number of pyridine rings is 1. The molecule has 0 bridgehead atoms. The maximum atomic E-state index is 5.93. The summed E-state index contributed by atoms with van der Waals surface area (Å²) in [6.45, 7) is 2.94. The second-order valence-electron chi connectivity index (χ2n) is 7.78. The lowest BCUT2D eigenvalue weighted by Crippen LogP contribution is -2.15. The molecule has 4 aromatic heterocycles. The van der Waals surface area contributed by atoms with Crippen LogP contribution in [0, 0.1) is 5.92 Å². The Bertz CT molecular complexity index is 1160. The van der Waals surface area contributed by atoms with E-state index in [4.69, 9.17) is 4.74 Å². The van der Waals surface area contributed by atoms with Gasteiger partial charge in [0, 0.05) is 44.1 Å². The third-order valence-electron chi connectivity index (χ3n) is 5.28. The van der Waals surface area contributed by atoms with Gasteiger partial charge in [-0.05, 0) is 43.9 Å². The van der Waals surface area contributed by atoms with Crippen molar-refractivity contribution in [1.29, 1.82) is 0 Å². The minimum absolute atomic E-state index is 0.125.